The normalized spacial score (nSPS) is 22.7. The van der Waals surface area contributed by atoms with Crippen LogP contribution in [0.4, 0.5) is 0 Å². The molecule has 0 saturated carbocycles. The molecule has 4 nitrogen and oxygen atoms in total. The van der Waals surface area contributed by atoms with Crippen molar-refractivity contribution in [3.05, 3.63) is 35.4 Å². The summed E-state index contributed by atoms with van der Waals surface area (Å²) in [6.45, 7) is 5.92. The van der Waals surface area contributed by atoms with Crippen LogP contribution in [0, 0.1) is 12.8 Å². The van der Waals surface area contributed by atoms with Gasteiger partial charge in [-0.25, -0.2) is 0 Å². The van der Waals surface area contributed by atoms with E-state index in [1.807, 2.05) is 0 Å². The van der Waals surface area contributed by atoms with E-state index < -0.39 is 0 Å². The van der Waals surface area contributed by atoms with Crippen LogP contribution in [0.3, 0.4) is 0 Å². The molecule has 4 heteroatoms. The number of carbonyl (C=O) groups excluding carboxylic acids is 1. The predicted molar refractivity (Wildman–Crippen MR) is 85.7 cm³/mol. The van der Waals surface area contributed by atoms with Gasteiger partial charge in [-0.2, -0.15) is 0 Å². The molecule has 2 rings (SSSR count). The first kappa shape index (κ1) is 16.0. The lowest BCUT2D eigenvalue weighted by Gasteiger charge is -2.40. The highest BCUT2D eigenvalue weighted by atomic mass is 16.1. The van der Waals surface area contributed by atoms with Gasteiger partial charge in [-0.3, -0.25) is 9.69 Å². The summed E-state index contributed by atoms with van der Waals surface area (Å²) in [5.41, 5.74) is 14.4. The average Bonchev–Trinajstić information content (AvgIpc) is 2.47. The molecule has 0 spiro atoms. The molecule has 116 valence electrons. The predicted octanol–water partition coefficient (Wildman–Crippen LogP) is 1.97. The van der Waals surface area contributed by atoms with E-state index in [1.54, 1.807) is 0 Å². The summed E-state index contributed by atoms with van der Waals surface area (Å²) < 4.78 is 0. The highest BCUT2D eigenvalue weighted by molar-refractivity contribution is 5.76. The number of amides is 1. The SMILES string of the molecule is CCC(N)C(c1cccc(C)c1)N1CCCC(C(N)=O)C1. The van der Waals surface area contributed by atoms with Crippen LogP contribution in [0.2, 0.25) is 0 Å². The van der Waals surface area contributed by atoms with Gasteiger partial charge in [0.05, 0.1) is 5.92 Å². The summed E-state index contributed by atoms with van der Waals surface area (Å²) >= 11 is 0. The Bertz CT molecular complexity index is 489. The van der Waals surface area contributed by atoms with Crippen molar-refractivity contribution in [2.45, 2.75) is 45.2 Å². The number of nitrogens with zero attached hydrogens (tertiary/aromatic N) is 1. The molecule has 21 heavy (non-hydrogen) atoms. The number of piperidine rings is 1. The van der Waals surface area contributed by atoms with Gasteiger partial charge in [0, 0.05) is 18.6 Å². The van der Waals surface area contributed by atoms with Crippen molar-refractivity contribution in [2.24, 2.45) is 17.4 Å². The molecule has 1 aromatic rings. The number of carbonyl (C=O) groups is 1. The van der Waals surface area contributed by atoms with E-state index >= 15 is 0 Å². The van der Waals surface area contributed by atoms with E-state index in [2.05, 4.69) is 43.0 Å². The summed E-state index contributed by atoms with van der Waals surface area (Å²) in [6, 6.07) is 8.75. The van der Waals surface area contributed by atoms with Crippen molar-refractivity contribution in [3.63, 3.8) is 0 Å². The Morgan fingerprint density at radius 1 is 1.48 bits per heavy atom. The van der Waals surface area contributed by atoms with Crippen LogP contribution < -0.4 is 11.5 Å². The lowest BCUT2D eigenvalue weighted by molar-refractivity contribution is -0.123. The maximum Gasteiger partial charge on any atom is 0.221 e. The fourth-order valence-corrected chi connectivity index (χ4v) is 3.30. The maximum absolute atomic E-state index is 11.5. The zero-order valence-electron chi connectivity index (χ0n) is 13.1. The molecule has 1 fully saturated rings. The van der Waals surface area contributed by atoms with Crippen LogP contribution in [0.5, 0.6) is 0 Å². The highest BCUT2D eigenvalue weighted by Crippen LogP contribution is 2.30. The highest BCUT2D eigenvalue weighted by Gasteiger charge is 2.32. The van der Waals surface area contributed by atoms with Crippen LogP contribution in [0.1, 0.15) is 43.4 Å². The first-order chi connectivity index (χ1) is 10.0. The Morgan fingerprint density at radius 2 is 2.24 bits per heavy atom. The van der Waals surface area contributed by atoms with Crippen LogP contribution in [-0.4, -0.2) is 29.9 Å². The van der Waals surface area contributed by atoms with Crippen molar-refractivity contribution in [2.75, 3.05) is 13.1 Å². The number of hydrogen-bond donors (Lipinski definition) is 2. The van der Waals surface area contributed by atoms with Crippen LogP contribution in [0.25, 0.3) is 0 Å². The third kappa shape index (κ3) is 3.83. The van der Waals surface area contributed by atoms with Gasteiger partial charge in [-0.15, -0.1) is 0 Å². The number of hydrogen-bond acceptors (Lipinski definition) is 3. The molecule has 1 amide bonds. The fraction of sp³-hybridized carbons (Fsp3) is 0.588. The Morgan fingerprint density at radius 3 is 2.86 bits per heavy atom. The molecule has 4 N–H and O–H groups in total. The maximum atomic E-state index is 11.5. The lowest BCUT2D eigenvalue weighted by atomic mass is 9.90. The largest absolute Gasteiger partial charge is 0.369 e. The van der Waals surface area contributed by atoms with Gasteiger partial charge < -0.3 is 11.5 Å². The summed E-state index contributed by atoms with van der Waals surface area (Å²) in [5, 5.41) is 0. The van der Waals surface area contributed by atoms with Crippen molar-refractivity contribution in [1.82, 2.24) is 4.90 Å². The third-order valence-electron chi connectivity index (χ3n) is 4.51. The zero-order valence-corrected chi connectivity index (χ0v) is 13.1. The van der Waals surface area contributed by atoms with Gasteiger partial charge in [0.2, 0.25) is 5.91 Å². The van der Waals surface area contributed by atoms with E-state index in [0.717, 1.165) is 32.4 Å². The van der Waals surface area contributed by atoms with Crippen LogP contribution >= 0.6 is 0 Å². The van der Waals surface area contributed by atoms with E-state index in [0.29, 0.717) is 0 Å². The fourth-order valence-electron chi connectivity index (χ4n) is 3.30. The van der Waals surface area contributed by atoms with Crippen molar-refractivity contribution in [1.29, 1.82) is 0 Å². The number of primary amides is 1. The number of likely N-dealkylation sites (tertiary alicyclic amines) is 1. The second kappa shape index (κ2) is 7.05. The van der Waals surface area contributed by atoms with Crippen molar-refractivity contribution in [3.8, 4) is 0 Å². The standard InChI is InChI=1S/C17H27N3O/c1-3-15(18)16(13-7-4-6-12(2)10-13)20-9-5-8-14(11-20)17(19)21/h4,6-7,10,14-16H,3,5,8-9,11,18H2,1-2H3,(H2,19,21). The Kier molecular flexibility index (Phi) is 5.37. The molecule has 1 saturated heterocycles. The molecular formula is C17H27N3O. The Balaban J connectivity index is 2.25. The molecular weight excluding hydrogens is 262 g/mol. The Labute approximate surface area is 127 Å². The molecule has 0 bridgehead atoms. The van der Waals surface area contributed by atoms with Crippen molar-refractivity contribution < 1.29 is 4.79 Å². The smallest absolute Gasteiger partial charge is 0.221 e. The molecule has 0 radical (unpaired) electrons. The number of nitrogens with two attached hydrogens (primary N) is 2. The minimum Gasteiger partial charge on any atom is -0.369 e. The van der Waals surface area contributed by atoms with Gasteiger partial charge in [0.1, 0.15) is 0 Å². The van der Waals surface area contributed by atoms with E-state index in [-0.39, 0.29) is 23.9 Å². The van der Waals surface area contributed by atoms with E-state index in [4.69, 9.17) is 11.5 Å². The minimum absolute atomic E-state index is 0.0462. The monoisotopic (exact) mass is 289 g/mol. The second-order valence-corrected chi connectivity index (χ2v) is 6.17. The van der Waals surface area contributed by atoms with E-state index in [9.17, 15) is 4.79 Å². The molecule has 3 unspecified atom stereocenters. The number of benzene rings is 1. The average molecular weight is 289 g/mol. The van der Waals surface area contributed by atoms with Gasteiger partial charge in [0.15, 0.2) is 0 Å². The van der Waals surface area contributed by atoms with Gasteiger partial charge in [-0.1, -0.05) is 36.8 Å². The summed E-state index contributed by atoms with van der Waals surface area (Å²) in [6.07, 6.45) is 2.82. The third-order valence-corrected chi connectivity index (χ3v) is 4.51. The lowest BCUT2D eigenvalue weighted by Crippen LogP contribution is -2.48. The summed E-state index contributed by atoms with van der Waals surface area (Å²) in [4.78, 5) is 13.9. The molecule has 1 aliphatic rings. The second-order valence-electron chi connectivity index (χ2n) is 6.17. The number of rotatable bonds is 5. The summed E-state index contributed by atoms with van der Waals surface area (Å²) in [5.74, 6) is -0.233. The van der Waals surface area contributed by atoms with Crippen LogP contribution in [-0.2, 0) is 4.79 Å². The molecule has 1 heterocycles. The van der Waals surface area contributed by atoms with Gasteiger partial charge in [-0.05, 0) is 38.3 Å². The molecule has 0 aromatic heterocycles. The van der Waals surface area contributed by atoms with Gasteiger partial charge in [0.25, 0.3) is 0 Å². The minimum atomic E-state index is -0.187. The molecule has 0 aliphatic carbocycles. The Hall–Kier alpha value is -1.39. The molecule has 1 aliphatic heterocycles. The molecule has 1 aromatic carbocycles. The first-order valence-corrected chi connectivity index (χ1v) is 7.88. The quantitative estimate of drug-likeness (QED) is 0.870. The number of aryl methyl sites for hydroxylation is 1. The van der Waals surface area contributed by atoms with E-state index in [1.165, 1.54) is 11.1 Å². The topological polar surface area (TPSA) is 72.3 Å². The van der Waals surface area contributed by atoms with Crippen LogP contribution in [0.15, 0.2) is 24.3 Å². The van der Waals surface area contributed by atoms with Gasteiger partial charge >= 0.3 is 0 Å². The summed E-state index contributed by atoms with van der Waals surface area (Å²) in [7, 11) is 0. The first-order valence-electron chi connectivity index (χ1n) is 7.88. The van der Waals surface area contributed by atoms with Crippen molar-refractivity contribution >= 4 is 5.91 Å². The zero-order chi connectivity index (χ0) is 15.4. The molecule has 3 atom stereocenters.